The molecule has 0 radical (unpaired) electrons. The van der Waals surface area contributed by atoms with Gasteiger partial charge in [-0.2, -0.15) is 0 Å². The van der Waals surface area contributed by atoms with Crippen molar-refractivity contribution in [1.29, 1.82) is 0 Å². The van der Waals surface area contributed by atoms with Gasteiger partial charge in [-0.05, 0) is 35.3 Å². The number of piperidine rings is 1. The zero-order chi connectivity index (χ0) is 14.5. The summed E-state index contributed by atoms with van der Waals surface area (Å²) in [5, 5.41) is 11.3. The summed E-state index contributed by atoms with van der Waals surface area (Å²) >= 11 is 0. The Bertz CT molecular complexity index is 563. The quantitative estimate of drug-likeness (QED) is 0.853. The maximum atomic E-state index is 12.8. The van der Waals surface area contributed by atoms with Crippen LogP contribution in [-0.2, 0) is 11.2 Å². The van der Waals surface area contributed by atoms with Crippen LogP contribution in [0.3, 0.4) is 0 Å². The average molecular weight is 285 g/mol. The molecule has 1 atom stereocenters. The van der Waals surface area contributed by atoms with Gasteiger partial charge in [-0.1, -0.05) is 30.3 Å². The summed E-state index contributed by atoms with van der Waals surface area (Å²) in [7, 11) is 0. The molecular formula is C15H19N5O. The fourth-order valence-corrected chi connectivity index (χ4v) is 2.77. The van der Waals surface area contributed by atoms with Crippen molar-refractivity contribution in [2.45, 2.75) is 31.7 Å². The molecule has 1 aliphatic heterocycles. The van der Waals surface area contributed by atoms with Gasteiger partial charge in [-0.3, -0.25) is 4.79 Å². The number of carbonyl (C=O) groups excluding carboxylic acids is 1. The summed E-state index contributed by atoms with van der Waals surface area (Å²) in [5.74, 6) is 0.117. The number of nitrogens with zero attached hydrogens (tertiary/aromatic N) is 5. The Labute approximate surface area is 123 Å². The maximum Gasteiger partial charge on any atom is 0.247 e. The fraction of sp³-hybridized carbons (Fsp3) is 0.467. The molecule has 1 fully saturated rings. The number of tetrazole rings is 1. The number of benzene rings is 1. The first-order chi connectivity index (χ1) is 10.3. The Morgan fingerprint density at radius 2 is 1.90 bits per heavy atom. The minimum atomic E-state index is -0.361. The van der Waals surface area contributed by atoms with Crippen molar-refractivity contribution < 1.29 is 4.79 Å². The number of carbonyl (C=O) groups is 1. The van der Waals surface area contributed by atoms with E-state index in [1.54, 1.807) is 4.68 Å². The number of amides is 1. The van der Waals surface area contributed by atoms with E-state index in [-0.39, 0.29) is 11.9 Å². The van der Waals surface area contributed by atoms with Crippen LogP contribution < -0.4 is 0 Å². The normalized spacial score (nSPS) is 16.7. The second-order valence-electron chi connectivity index (χ2n) is 5.38. The lowest BCUT2D eigenvalue weighted by molar-refractivity contribution is -0.136. The molecule has 6 heteroatoms. The highest BCUT2D eigenvalue weighted by Crippen LogP contribution is 2.19. The zero-order valence-corrected chi connectivity index (χ0v) is 11.9. The Kier molecular flexibility index (Phi) is 4.23. The molecule has 1 amide bonds. The Morgan fingerprint density at radius 1 is 1.14 bits per heavy atom. The van der Waals surface area contributed by atoms with Crippen LogP contribution in [0.4, 0.5) is 0 Å². The standard InChI is InChI=1S/C15H19N5O/c21-15(19-9-5-2-6-10-19)14(20-12-16-17-18-20)11-13-7-3-1-4-8-13/h1,3-4,7-8,12,14H,2,5-6,9-11H2. The van der Waals surface area contributed by atoms with Gasteiger partial charge in [0.1, 0.15) is 12.4 Å². The van der Waals surface area contributed by atoms with Crippen molar-refractivity contribution in [2.75, 3.05) is 13.1 Å². The Balaban J connectivity index is 1.80. The van der Waals surface area contributed by atoms with Crippen molar-refractivity contribution in [1.82, 2.24) is 25.1 Å². The Morgan fingerprint density at radius 3 is 2.57 bits per heavy atom. The average Bonchev–Trinajstić information content (AvgIpc) is 3.08. The summed E-state index contributed by atoms with van der Waals surface area (Å²) in [4.78, 5) is 14.8. The summed E-state index contributed by atoms with van der Waals surface area (Å²) < 4.78 is 1.57. The first-order valence-corrected chi connectivity index (χ1v) is 7.40. The molecular weight excluding hydrogens is 266 g/mol. The van der Waals surface area contributed by atoms with Gasteiger partial charge < -0.3 is 4.90 Å². The molecule has 3 rings (SSSR count). The van der Waals surface area contributed by atoms with Crippen LogP contribution in [0.15, 0.2) is 36.7 Å². The van der Waals surface area contributed by atoms with E-state index >= 15 is 0 Å². The Hall–Kier alpha value is -2.24. The monoisotopic (exact) mass is 285 g/mol. The third-order valence-corrected chi connectivity index (χ3v) is 3.91. The molecule has 2 heterocycles. The molecule has 0 spiro atoms. The predicted molar refractivity (Wildman–Crippen MR) is 77.4 cm³/mol. The highest BCUT2D eigenvalue weighted by Gasteiger charge is 2.28. The molecule has 0 saturated carbocycles. The minimum absolute atomic E-state index is 0.117. The highest BCUT2D eigenvalue weighted by molar-refractivity contribution is 5.80. The fourth-order valence-electron chi connectivity index (χ4n) is 2.77. The van der Waals surface area contributed by atoms with Gasteiger partial charge in [-0.25, -0.2) is 4.68 Å². The number of hydrogen-bond donors (Lipinski definition) is 0. The van der Waals surface area contributed by atoms with E-state index in [0.29, 0.717) is 6.42 Å². The van der Waals surface area contributed by atoms with Gasteiger partial charge in [0.25, 0.3) is 0 Å². The van der Waals surface area contributed by atoms with E-state index < -0.39 is 0 Å². The summed E-state index contributed by atoms with van der Waals surface area (Å²) in [6, 6.07) is 9.64. The SMILES string of the molecule is O=C(C(Cc1ccccc1)n1cnnn1)N1CCCCC1. The number of aromatic nitrogens is 4. The van der Waals surface area contributed by atoms with E-state index in [1.807, 2.05) is 35.2 Å². The maximum absolute atomic E-state index is 12.8. The zero-order valence-electron chi connectivity index (χ0n) is 11.9. The van der Waals surface area contributed by atoms with Gasteiger partial charge >= 0.3 is 0 Å². The van der Waals surface area contributed by atoms with Crippen LogP contribution in [0, 0.1) is 0 Å². The van der Waals surface area contributed by atoms with E-state index in [0.717, 1.165) is 31.5 Å². The van der Waals surface area contributed by atoms with Crippen molar-refractivity contribution in [3.63, 3.8) is 0 Å². The molecule has 110 valence electrons. The lowest BCUT2D eigenvalue weighted by Gasteiger charge is -2.30. The van der Waals surface area contributed by atoms with Gasteiger partial charge in [-0.15, -0.1) is 5.10 Å². The molecule has 1 aliphatic rings. The second kappa shape index (κ2) is 6.47. The molecule has 6 nitrogen and oxygen atoms in total. The van der Waals surface area contributed by atoms with Crippen LogP contribution in [-0.4, -0.2) is 44.1 Å². The van der Waals surface area contributed by atoms with Crippen LogP contribution in [0.2, 0.25) is 0 Å². The van der Waals surface area contributed by atoms with Crippen molar-refractivity contribution in [3.8, 4) is 0 Å². The van der Waals surface area contributed by atoms with Gasteiger partial charge in [0.15, 0.2) is 0 Å². The largest absolute Gasteiger partial charge is 0.341 e. The van der Waals surface area contributed by atoms with Gasteiger partial charge in [0.05, 0.1) is 0 Å². The van der Waals surface area contributed by atoms with Crippen LogP contribution >= 0.6 is 0 Å². The van der Waals surface area contributed by atoms with E-state index in [4.69, 9.17) is 0 Å². The number of likely N-dealkylation sites (tertiary alicyclic amines) is 1. The molecule has 0 aliphatic carbocycles. The van der Waals surface area contributed by atoms with Gasteiger partial charge in [0, 0.05) is 19.5 Å². The van der Waals surface area contributed by atoms with E-state index in [1.165, 1.54) is 12.7 Å². The van der Waals surface area contributed by atoms with Crippen molar-refractivity contribution >= 4 is 5.91 Å². The molecule has 1 unspecified atom stereocenters. The minimum Gasteiger partial charge on any atom is -0.341 e. The van der Waals surface area contributed by atoms with Crippen molar-refractivity contribution in [2.24, 2.45) is 0 Å². The third kappa shape index (κ3) is 3.26. The molecule has 0 N–H and O–H groups in total. The van der Waals surface area contributed by atoms with Crippen molar-refractivity contribution in [3.05, 3.63) is 42.2 Å². The second-order valence-corrected chi connectivity index (χ2v) is 5.38. The van der Waals surface area contributed by atoms with Gasteiger partial charge in [0.2, 0.25) is 5.91 Å². The summed E-state index contributed by atoms with van der Waals surface area (Å²) in [6.45, 7) is 1.68. The van der Waals surface area contributed by atoms with Crippen LogP contribution in [0.25, 0.3) is 0 Å². The molecule has 0 bridgehead atoms. The highest BCUT2D eigenvalue weighted by atomic mass is 16.2. The third-order valence-electron chi connectivity index (χ3n) is 3.91. The number of hydrogen-bond acceptors (Lipinski definition) is 4. The topological polar surface area (TPSA) is 63.9 Å². The van der Waals surface area contributed by atoms with Crippen LogP contribution in [0.5, 0.6) is 0 Å². The van der Waals surface area contributed by atoms with E-state index in [9.17, 15) is 4.79 Å². The molecule has 1 aromatic carbocycles. The lowest BCUT2D eigenvalue weighted by atomic mass is 10.0. The molecule has 1 aromatic heterocycles. The predicted octanol–water partition coefficient (Wildman–Crippen LogP) is 1.47. The molecule has 1 saturated heterocycles. The number of rotatable bonds is 4. The first-order valence-electron chi connectivity index (χ1n) is 7.40. The lowest BCUT2D eigenvalue weighted by Crippen LogP contribution is -2.41. The molecule has 21 heavy (non-hydrogen) atoms. The van der Waals surface area contributed by atoms with E-state index in [2.05, 4.69) is 15.5 Å². The van der Waals surface area contributed by atoms with Crippen LogP contribution in [0.1, 0.15) is 30.9 Å². The smallest absolute Gasteiger partial charge is 0.247 e. The summed E-state index contributed by atoms with van der Waals surface area (Å²) in [6.07, 6.45) is 5.51. The summed E-state index contributed by atoms with van der Waals surface area (Å²) in [5.41, 5.74) is 1.11. The molecule has 2 aromatic rings. The first kappa shape index (κ1) is 13.7.